The van der Waals surface area contributed by atoms with E-state index in [4.69, 9.17) is 0 Å². The van der Waals surface area contributed by atoms with Crippen molar-refractivity contribution in [1.29, 1.82) is 0 Å². The van der Waals surface area contributed by atoms with E-state index in [9.17, 15) is 14.0 Å². The maximum Gasteiger partial charge on any atom is 0.275 e. The second-order valence-electron chi connectivity index (χ2n) is 8.15. The third kappa shape index (κ3) is 3.06. The minimum absolute atomic E-state index is 0.173. The lowest BCUT2D eigenvalue weighted by atomic mass is 10.1. The standard InChI is InChI=1S/C23H22FN5O2/c1-14-9-27(13-25-14)19-6-7-20-23(31)28(15(2)10-29(20)22(19)30)12-16-11-26(3)21-8-17(24)4-5-18(16)21/h4-9,11,13,15H,10,12H2,1-3H3/t15-/m0/s1. The van der Waals surface area contributed by atoms with Crippen LogP contribution in [0.5, 0.6) is 0 Å². The Balaban J connectivity index is 1.52. The van der Waals surface area contributed by atoms with Crippen molar-refractivity contribution in [3.63, 3.8) is 0 Å². The second-order valence-corrected chi connectivity index (χ2v) is 8.15. The highest BCUT2D eigenvalue weighted by molar-refractivity contribution is 5.94. The highest BCUT2D eigenvalue weighted by Crippen LogP contribution is 2.26. The van der Waals surface area contributed by atoms with Crippen molar-refractivity contribution in [3.8, 4) is 5.69 Å². The predicted molar refractivity (Wildman–Crippen MR) is 115 cm³/mol. The van der Waals surface area contributed by atoms with Gasteiger partial charge in [0, 0.05) is 44.0 Å². The summed E-state index contributed by atoms with van der Waals surface area (Å²) in [6.45, 7) is 4.59. The summed E-state index contributed by atoms with van der Waals surface area (Å²) in [4.78, 5) is 32.4. The van der Waals surface area contributed by atoms with Crippen LogP contribution in [0.2, 0.25) is 0 Å². The van der Waals surface area contributed by atoms with Gasteiger partial charge in [-0.1, -0.05) is 0 Å². The van der Waals surface area contributed by atoms with Crippen LogP contribution >= 0.6 is 0 Å². The number of benzene rings is 1. The summed E-state index contributed by atoms with van der Waals surface area (Å²) in [7, 11) is 1.86. The van der Waals surface area contributed by atoms with Gasteiger partial charge in [0.2, 0.25) is 0 Å². The number of pyridine rings is 1. The first-order valence-electron chi connectivity index (χ1n) is 10.1. The van der Waals surface area contributed by atoms with Crippen LogP contribution in [-0.2, 0) is 20.1 Å². The van der Waals surface area contributed by atoms with E-state index in [1.54, 1.807) is 44.8 Å². The molecule has 1 atom stereocenters. The van der Waals surface area contributed by atoms with E-state index in [0.717, 1.165) is 22.2 Å². The Morgan fingerprint density at radius 2 is 1.97 bits per heavy atom. The molecule has 0 bridgehead atoms. The molecule has 1 aliphatic heterocycles. The summed E-state index contributed by atoms with van der Waals surface area (Å²) in [5.41, 5.74) is 3.16. The number of aromatic nitrogens is 4. The van der Waals surface area contributed by atoms with Gasteiger partial charge < -0.3 is 18.6 Å². The van der Waals surface area contributed by atoms with Crippen LogP contribution in [0.4, 0.5) is 4.39 Å². The minimum Gasteiger partial charge on any atom is -0.350 e. The van der Waals surface area contributed by atoms with Crippen LogP contribution in [0.3, 0.4) is 0 Å². The van der Waals surface area contributed by atoms with Gasteiger partial charge in [0.05, 0.1) is 17.5 Å². The Morgan fingerprint density at radius 3 is 2.71 bits per heavy atom. The first-order chi connectivity index (χ1) is 14.8. The van der Waals surface area contributed by atoms with Crippen molar-refractivity contribution in [2.75, 3.05) is 0 Å². The van der Waals surface area contributed by atoms with E-state index in [2.05, 4.69) is 4.98 Å². The van der Waals surface area contributed by atoms with Gasteiger partial charge >= 0.3 is 0 Å². The topological polar surface area (TPSA) is 65.1 Å². The SMILES string of the molecule is Cc1cn(-c2ccc3n(c2=O)C[C@H](C)N(Cc2cn(C)c4cc(F)ccc24)C3=O)cn1. The molecule has 4 heterocycles. The van der Waals surface area contributed by atoms with E-state index < -0.39 is 0 Å². The van der Waals surface area contributed by atoms with Crippen LogP contribution in [0, 0.1) is 12.7 Å². The molecular weight excluding hydrogens is 397 g/mol. The first kappa shape index (κ1) is 19.3. The van der Waals surface area contributed by atoms with Gasteiger partial charge in [-0.05, 0) is 49.7 Å². The normalized spacial score (nSPS) is 16.2. The van der Waals surface area contributed by atoms with Crippen LogP contribution < -0.4 is 5.56 Å². The van der Waals surface area contributed by atoms with Crippen LogP contribution in [0.15, 0.2) is 53.8 Å². The highest BCUT2D eigenvalue weighted by Gasteiger charge is 2.31. The molecule has 0 saturated heterocycles. The molecule has 0 N–H and O–H groups in total. The molecule has 0 unspecified atom stereocenters. The fourth-order valence-electron chi connectivity index (χ4n) is 4.37. The number of hydrogen-bond acceptors (Lipinski definition) is 3. The molecule has 5 rings (SSSR count). The zero-order chi connectivity index (χ0) is 21.9. The molecule has 0 radical (unpaired) electrons. The summed E-state index contributed by atoms with van der Waals surface area (Å²) in [6, 6.07) is 7.87. The fourth-order valence-corrected chi connectivity index (χ4v) is 4.37. The molecule has 1 aliphatic rings. The average Bonchev–Trinajstić information content (AvgIpc) is 3.29. The van der Waals surface area contributed by atoms with E-state index in [1.165, 1.54) is 12.1 Å². The zero-order valence-corrected chi connectivity index (χ0v) is 17.5. The van der Waals surface area contributed by atoms with E-state index in [0.29, 0.717) is 24.5 Å². The van der Waals surface area contributed by atoms with E-state index in [-0.39, 0.29) is 23.3 Å². The Morgan fingerprint density at radius 1 is 1.16 bits per heavy atom. The lowest BCUT2D eigenvalue weighted by Crippen LogP contribution is -2.49. The van der Waals surface area contributed by atoms with Crippen molar-refractivity contribution in [1.82, 2.24) is 23.6 Å². The molecule has 31 heavy (non-hydrogen) atoms. The lowest BCUT2D eigenvalue weighted by molar-refractivity contribution is 0.0591. The predicted octanol–water partition coefficient (Wildman–Crippen LogP) is 3.02. The van der Waals surface area contributed by atoms with Crippen molar-refractivity contribution in [3.05, 3.63) is 82.2 Å². The van der Waals surface area contributed by atoms with Gasteiger partial charge in [-0.25, -0.2) is 9.37 Å². The smallest absolute Gasteiger partial charge is 0.275 e. The average molecular weight is 419 g/mol. The molecule has 1 aromatic carbocycles. The number of carbonyl (C=O) groups is 1. The molecule has 0 spiro atoms. The van der Waals surface area contributed by atoms with E-state index >= 15 is 0 Å². The van der Waals surface area contributed by atoms with Gasteiger partial charge in [0.15, 0.2) is 0 Å². The quantitative estimate of drug-likeness (QED) is 0.513. The Bertz CT molecular complexity index is 1400. The number of hydrogen-bond donors (Lipinski definition) is 0. The number of rotatable bonds is 3. The van der Waals surface area contributed by atoms with Crippen molar-refractivity contribution < 1.29 is 9.18 Å². The molecule has 0 fully saturated rings. The molecule has 4 aromatic rings. The minimum atomic E-state index is -0.292. The van der Waals surface area contributed by atoms with Crippen LogP contribution in [0.25, 0.3) is 16.6 Å². The lowest BCUT2D eigenvalue weighted by Gasteiger charge is -2.35. The Kier molecular flexibility index (Phi) is 4.32. The Labute approximate surface area is 178 Å². The third-order valence-electron chi connectivity index (χ3n) is 5.98. The number of amides is 1. The third-order valence-corrected chi connectivity index (χ3v) is 5.98. The molecule has 7 nitrogen and oxygen atoms in total. The Hall–Kier alpha value is -3.68. The van der Waals surface area contributed by atoms with Gasteiger partial charge in [-0.3, -0.25) is 9.59 Å². The molecule has 3 aromatic heterocycles. The van der Waals surface area contributed by atoms with Crippen molar-refractivity contribution in [2.24, 2.45) is 7.05 Å². The molecule has 8 heteroatoms. The molecule has 0 aliphatic carbocycles. The van der Waals surface area contributed by atoms with Gasteiger partial charge in [-0.15, -0.1) is 0 Å². The summed E-state index contributed by atoms with van der Waals surface area (Å²) in [6.07, 6.45) is 5.31. The van der Waals surface area contributed by atoms with Crippen LogP contribution in [-0.4, -0.2) is 35.5 Å². The first-order valence-corrected chi connectivity index (χ1v) is 10.1. The fraction of sp³-hybridized carbons (Fsp3) is 0.261. The number of fused-ring (bicyclic) bond motifs is 2. The van der Waals surface area contributed by atoms with Crippen molar-refractivity contribution in [2.45, 2.75) is 33.0 Å². The van der Waals surface area contributed by atoms with Gasteiger partial charge in [0.1, 0.15) is 17.2 Å². The van der Waals surface area contributed by atoms with Crippen molar-refractivity contribution >= 4 is 16.8 Å². The second kappa shape index (κ2) is 6.94. The molecule has 0 saturated carbocycles. The molecular formula is C23H22FN5O2. The summed E-state index contributed by atoms with van der Waals surface area (Å²) in [5, 5.41) is 0.915. The van der Waals surface area contributed by atoms with Gasteiger partial charge in [0.25, 0.3) is 11.5 Å². The maximum absolute atomic E-state index is 13.7. The number of aryl methyl sites for hydroxylation is 2. The largest absolute Gasteiger partial charge is 0.350 e. The van der Waals surface area contributed by atoms with Gasteiger partial charge in [-0.2, -0.15) is 0 Å². The highest BCUT2D eigenvalue weighted by atomic mass is 19.1. The molecule has 1 amide bonds. The zero-order valence-electron chi connectivity index (χ0n) is 17.5. The summed E-state index contributed by atoms with van der Waals surface area (Å²) >= 11 is 0. The number of nitrogens with zero attached hydrogens (tertiary/aromatic N) is 5. The molecule has 158 valence electrons. The monoisotopic (exact) mass is 419 g/mol. The summed E-state index contributed by atoms with van der Waals surface area (Å²) < 4.78 is 18.7. The van der Waals surface area contributed by atoms with E-state index in [1.807, 2.05) is 31.7 Å². The maximum atomic E-state index is 13.7. The number of carbonyl (C=O) groups excluding carboxylic acids is 1. The number of imidazole rings is 1. The van der Waals surface area contributed by atoms with Crippen LogP contribution in [0.1, 0.15) is 28.7 Å². The number of halogens is 1. The summed E-state index contributed by atoms with van der Waals surface area (Å²) in [5.74, 6) is -0.483.